The van der Waals surface area contributed by atoms with Crippen LogP contribution in [0.15, 0.2) is 42.5 Å². The van der Waals surface area contributed by atoms with Gasteiger partial charge < -0.3 is 15.2 Å². The number of benzene rings is 2. The van der Waals surface area contributed by atoms with Crippen LogP contribution in [0.1, 0.15) is 40.1 Å². The molecule has 5 nitrogen and oxygen atoms in total. The van der Waals surface area contributed by atoms with E-state index < -0.39 is 5.97 Å². The highest BCUT2D eigenvalue weighted by atomic mass is 16.5. The Kier molecular flexibility index (Phi) is 5.01. The second-order valence-corrected chi connectivity index (χ2v) is 5.48. The Bertz CT molecular complexity index is 738. The fourth-order valence-electron chi connectivity index (χ4n) is 2.11. The van der Waals surface area contributed by atoms with Crippen molar-refractivity contribution in [1.29, 1.82) is 0 Å². The van der Waals surface area contributed by atoms with Gasteiger partial charge in [-0.05, 0) is 62.7 Å². The Balaban J connectivity index is 2.17. The van der Waals surface area contributed by atoms with Crippen LogP contribution in [0.2, 0.25) is 0 Å². The molecule has 0 unspecified atom stereocenters. The van der Waals surface area contributed by atoms with E-state index in [1.54, 1.807) is 37.3 Å². The van der Waals surface area contributed by atoms with Gasteiger partial charge in [0.15, 0.2) is 0 Å². The average Bonchev–Trinajstić information content (AvgIpc) is 2.48. The first-order valence-corrected chi connectivity index (χ1v) is 7.29. The van der Waals surface area contributed by atoms with Crippen molar-refractivity contribution >= 4 is 17.6 Å². The second kappa shape index (κ2) is 6.96. The number of ether oxygens (including phenoxy) is 1. The Hall–Kier alpha value is -2.82. The van der Waals surface area contributed by atoms with E-state index in [4.69, 9.17) is 9.84 Å². The number of anilines is 1. The number of rotatable bonds is 5. The summed E-state index contributed by atoms with van der Waals surface area (Å²) in [6.45, 7) is 5.58. The van der Waals surface area contributed by atoms with Gasteiger partial charge in [-0.25, -0.2) is 4.79 Å². The van der Waals surface area contributed by atoms with Crippen molar-refractivity contribution in [3.63, 3.8) is 0 Å². The predicted octanol–water partition coefficient (Wildman–Crippen LogP) is 3.73. The summed E-state index contributed by atoms with van der Waals surface area (Å²) in [5, 5.41) is 11.7. The monoisotopic (exact) mass is 313 g/mol. The molecule has 0 atom stereocenters. The standard InChI is InChI=1S/C18H19NO4/c1-11(2)23-15-6-4-5-13(10-15)17(20)19-16-8-7-14(18(21)22)9-12(16)3/h4-11H,1-3H3,(H,19,20)(H,21,22). The third-order valence-corrected chi connectivity index (χ3v) is 3.19. The quantitative estimate of drug-likeness (QED) is 0.882. The first kappa shape index (κ1) is 16.5. The summed E-state index contributed by atoms with van der Waals surface area (Å²) in [7, 11) is 0. The lowest BCUT2D eigenvalue weighted by molar-refractivity contribution is 0.0696. The maximum atomic E-state index is 12.3. The summed E-state index contributed by atoms with van der Waals surface area (Å²) in [5.74, 6) is -0.638. The molecule has 0 spiro atoms. The average molecular weight is 313 g/mol. The van der Waals surface area contributed by atoms with E-state index in [1.807, 2.05) is 13.8 Å². The summed E-state index contributed by atoms with van der Waals surface area (Å²) in [5.41, 5.74) is 1.93. The molecular formula is C18H19NO4. The molecule has 2 rings (SSSR count). The van der Waals surface area contributed by atoms with Crippen LogP contribution < -0.4 is 10.1 Å². The van der Waals surface area contributed by atoms with E-state index >= 15 is 0 Å². The molecule has 1 amide bonds. The predicted molar refractivity (Wildman–Crippen MR) is 88.3 cm³/mol. The van der Waals surface area contributed by atoms with Gasteiger partial charge in [-0.2, -0.15) is 0 Å². The number of carboxylic acid groups (broad SMARTS) is 1. The molecule has 23 heavy (non-hydrogen) atoms. The molecule has 0 heterocycles. The molecule has 5 heteroatoms. The minimum atomic E-state index is -0.996. The van der Waals surface area contributed by atoms with Gasteiger partial charge in [0.1, 0.15) is 5.75 Å². The fraction of sp³-hybridized carbons (Fsp3) is 0.222. The number of carbonyl (C=O) groups is 2. The van der Waals surface area contributed by atoms with Crippen LogP contribution >= 0.6 is 0 Å². The number of nitrogens with one attached hydrogen (secondary N) is 1. The van der Waals surface area contributed by atoms with E-state index in [0.717, 1.165) is 0 Å². The van der Waals surface area contributed by atoms with Crippen LogP contribution in [0.5, 0.6) is 5.75 Å². The Morgan fingerprint density at radius 2 is 1.83 bits per heavy atom. The summed E-state index contributed by atoms with van der Waals surface area (Å²) in [6.07, 6.45) is 0.0270. The number of carbonyl (C=O) groups excluding carboxylic acids is 1. The van der Waals surface area contributed by atoms with Crippen molar-refractivity contribution in [1.82, 2.24) is 0 Å². The highest BCUT2D eigenvalue weighted by molar-refractivity contribution is 6.05. The Morgan fingerprint density at radius 1 is 1.09 bits per heavy atom. The van der Waals surface area contributed by atoms with E-state index in [-0.39, 0.29) is 17.6 Å². The molecule has 0 aliphatic rings. The minimum absolute atomic E-state index is 0.0270. The molecule has 0 radical (unpaired) electrons. The molecule has 0 bridgehead atoms. The van der Waals surface area contributed by atoms with Crippen molar-refractivity contribution in [2.24, 2.45) is 0 Å². The lowest BCUT2D eigenvalue weighted by Gasteiger charge is -2.12. The van der Waals surface area contributed by atoms with Crippen molar-refractivity contribution in [2.45, 2.75) is 26.9 Å². The van der Waals surface area contributed by atoms with Gasteiger partial charge in [-0.3, -0.25) is 4.79 Å². The Labute approximate surface area is 134 Å². The number of aromatic carboxylic acids is 1. The smallest absolute Gasteiger partial charge is 0.335 e. The third kappa shape index (κ3) is 4.32. The molecule has 2 N–H and O–H groups in total. The van der Waals surface area contributed by atoms with E-state index in [9.17, 15) is 9.59 Å². The van der Waals surface area contributed by atoms with Gasteiger partial charge in [-0.1, -0.05) is 6.07 Å². The number of carboxylic acids is 1. The van der Waals surface area contributed by atoms with Crippen molar-refractivity contribution in [2.75, 3.05) is 5.32 Å². The Morgan fingerprint density at radius 3 is 2.43 bits per heavy atom. The van der Waals surface area contributed by atoms with Gasteiger partial charge in [0, 0.05) is 11.3 Å². The van der Waals surface area contributed by atoms with Crippen LogP contribution in [0, 0.1) is 6.92 Å². The molecule has 0 saturated heterocycles. The highest BCUT2D eigenvalue weighted by Crippen LogP contribution is 2.20. The van der Waals surface area contributed by atoms with E-state index in [0.29, 0.717) is 22.6 Å². The molecule has 0 aliphatic carbocycles. The molecular weight excluding hydrogens is 294 g/mol. The van der Waals surface area contributed by atoms with Crippen LogP contribution in [0.3, 0.4) is 0 Å². The number of amides is 1. The van der Waals surface area contributed by atoms with Gasteiger partial charge in [0.05, 0.1) is 11.7 Å². The molecule has 120 valence electrons. The number of hydrogen-bond acceptors (Lipinski definition) is 3. The number of aryl methyl sites for hydroxylation is 1. The number of hydrogen-bond donors (Lipinski definition) is 2. The summed E-state index contributed by atoms with van der Waals surface area (Å²) in [6, 6.07) is 11.5. The first-order valence-electron chi connectivity index (χ1n) is 7.29. The van der Waals surface area contributed by atoms with Crippen LogP contribution in [-0.2, 0) is 0 Å². The van der Waals surface area contributed by atoms with Gasteiger partial charge >= 0.3 is 5.97 Å². The van der Waals surface area contributed by atoms with Crippen LogP contribution in [-0.4, -0.2) is 23.1 Å². The fourth-order valence-corrected chi connectivity index (χ4v) is 2.11. The van der Waals surface area contributed by atoms with Gasteiger partial charge in [0.25, 0.3) is 5.91 Å². The lowest BCUT2D eigenvalue weighted by atomic mass is 10.1. The normalized spacial score (nSPS) is 10.4. The minimum Gasteiger partial charge on any atom is -0.491 e. The maximum Gasteiger partial charge on any atom is 0.335 e. The van der Waals surface area contributed by atoms with Crippen LogP contribution in [0.25, 0.3) is 0 Å². The SMILES string of the molecule is Cc1cc(C(=O)O)ccc1NC(=O)c1cccc(OC(C)C)c1. The molecule has 2 aromatic carbocycles. The molecule has 0 fully saturated rings. The van der Waals surface area contributed by atoms with E-state index in [1.165, 1.54) is 12.1 Å². The van der Waals surface area contributed by atoms with Gasteiger partial charge in [-0.15, -0.1) is 0 Å². The zero-order chi connectivity index (χ0) is 17.0. The molecule has 0 aliphatic heterocycles. The second-order valence-electron chi connectivity index (χ2n) is 5.48. The lowest BCUT2D eigenvalue weighted by Crippen LogP contribution is -2.14. The zero-order valence-electron chi connectivity index (χ0n) is 13.3. The third-order valence-electron chi connectivity index (χ3n) is 3.19. The largest absolute Gasteiger partial charge is 0.491 e. The molecule has 0 aromatic heterocycles. The molecule has 0 saturated carbocycles. The molecule has 2 aromatic rings. The van der Waals surface area contributed by atoms with E-state index in [2.05, 4.69) is 5.32 Å². The van der Waals surface area contributed by atoms with Crippen molar-refractivity contribution in [3.05, 3.63) is 59.2 Å². The maximum absolute atomic E-state index is 12.3. The zero-order valence-corrected chi connectivity index (χ0v) is 13.3. The summed E-state index contributed by atoms with van der Waals surface area (Å²) in [4.78, 5) is 23.3. The first-order chi connectivity index (χ1) is 10.9. The summed E-state index contributed by atoms with van der Waals surface area (Å²) < 4.78 is 5.58. The topological polar surface area (TPSA) is 75.6 Å². The highest BCUT2D eigenvalue weighted by Gasteiger charge is 2.11. The summed E-state index contributed by atoms with van der Waals surface area (Å²) >= 11 is 0. The van der Waals surface area contributed by atoms with Crippen LogP contribution in [0.4, 0.5) is 5.69 Å². The van der Waals surface area contributed by atoms with Gasteiger partial charge in [0.2, 0.25) is 0 Å². The van der Waals surface area contributed by atoms with Crippen molar-refractivity contribution in [3.8, 4) is 5.75 Å². The van der Waals surface area contributed by atoms with Crippen molar-refractivity contribution < 1.29 is 19.4 Å².